The number of benzene rings is 1. The van der Waals surface area contributed by atoms with Crippen molar-refractivity contribution in [3.8, 4) is 22.6 Å². The lowest BCUT2D eigenvalue weighted by molar-refractivity contribution is -0.127. The van der Waals surface area contributed by atoms with Crippen molar-refractivity contribution in [2.75, 3.05) is 0 Å². The largest absolute Gasteiger partial charge is 0.349 e. The highest BCUT2D eigenvalue weighted by Crippen LogP contribution is 2.29. The fraction of sp³-hybridized carbons (Fsp3) is 0.273. The smallest absolute Gasteiger partial charge is 0.221 e. The first-order chi connectivity index (χ1) is 14.1. The van der Waals surface area contributed by atoms with Gasteiger partial charge in [-0.05, 0) is 37.1 Å². The summed E-state index contributed by atoms with van der Waals surface area (Å²) in [5.74, 6) is 0.0143. The van der Waals surface area contributed by atoms with Crippen LogP contribution in [0.5, 0.6) is 0 Å². The summed E-state index contributed by atoms with van der Waals surface area (Å²) in [6.07, 6.45) is 4.09. The predicted molar refractivity (Wildman–Crippen MR) is 106 cm³/mol. The van der Waals surface area contributed by atoms with E-state index in [1.807, 2.05) is 18.2 Å². The molecule has 7 heteroatoms. The van der Waals surface area contributed by atoms with Crippen LogP contribution in [0.15, 0.2) is 48.7 Å². The van der Waals surface area contributed by atoms with Crippen molar-refractivity contribution in [1.29, 1.82) is 0 Å². The highest BCUT2D eigenvalue weighted by molar-refractivity contribution is 5.88. The molecule has 0 saturated heterocycles. The lowest BCUT2D eigenvalue weighted by atomic mass is 10.0. The number of ketones is 1. The Labute approximate surface area is 167 Å². The second kappa shape index (κ2) is 8.34. The lowest BCUT2D eigenvalue weighted by Crippen LogP contribution is -2.26. The van der Waals surface area contributed by atoms with E-state index in [9.17, 15) is 14.0 Å². The molecule has 2 N–H and O–H groups in total. The number of nitrogens with zero attached hydrogens (tertiary/aromatic N) is 2. The minimum atomic E-state index is -0.353. The van der Waals surface area contributed by atoms with E-state index in [2.05, 4.69) is 20.3 Å². The summed E-state index contributed by atoms with van der Waals surface area (Å²) in [7, 11) is 0. The first-order valence-corrected chi connectivity index (χ1v) is 9.66. The van der Waals surface area contributed by atoms with Crippen molar-refractivity contribution in [1.82, 2.24) is 20.3 Å². The maximum Gasteiger partial charge on any atom is 0.221 e. The van der Waals surface area contributed by atoms with E-state index in [1.165, 1.54) is 12.1 Å². The molecule has 148 valence electrons. The van der Waals surface area contributed by atoms with E-state index >= 15 is 0 Å². The third-order valence-electron chi connectivity index (χ3n) is 5.09. The highest BCUT2D eigenvalue weighted by Gasteiger charge is 2.26. The molecule has 0 bridgehead atoms. The molecular formula is C22H21FN4O2. The Hall–Kier alpha value is -3.35. The van der Waals surface area contributed by atoms with Crippen LogP contribution in [0.4, 0.5) is 4.39 Å². The van der Waals surface area contributed by atoms with E-state index in [0.29, 0.717) is 34.9 Å². The average Bonchev–Trinajstić information content (AvgIpc) is 3.34. The maximum atomic E-state index is 13.7. The molecule has 0 radical (unpaired) electrons. The number of hydrogen-bond donors (Lipinski definition) is 2. The van der Waals surface area contributed by atoms with Crippen molar-refractivity contribution in [2.45, 2.75) is 32.2 Å². The van der Waals surface area contributed by atoms with Crippen molar-refractivity contribution >= 4 is 11.7 Å². The number of carbonyl (C=O) groups is 2. The molecule has 1 unspecified atom stereocenters. The van der Waals surface area contributed by atoms with Gasteiger partial charge < -0.3 is 10.3 Å². The van der Waals surface area contributed by atoms with E-state index in [0.717, 1.165) is 12.8 Å². The topological polar surface area (TPSA) is 87.7 Å². The number of carbonyl (C=O) groups excluding carboxylic acids is 2. The standard InChI is InChI=1S/C22H21FN4O2/c23-16-7-3-6-15(11-16)21-22(17-8-1-2-10-24-17)27-19(26-21)13-25-20(29)12-14-5-4-9-18(14)28/h1-3,6-8,10-11,14H,4-5,9,12-13H2,(H,25,29)(H,26,27). The van der Waals surface area contributed by atoms with Gasteiger partial charge in [-0.15, -0.1) is 0 Å². The SMILES string of the molecule is O=C(CC1CCCC1=O)NCc1nc(-c2cccc(F)c2)c(-c2ccccn2)[nH]1. The number of aromatic amines is 1. The van der Waals surface area contributed by atoms with E-state index in [4.69, 9.17) is 0 Å². The molecule has 1 fully saturated rings. The molecule has 1 saturated carbocycles. The summed E-state index contributed by atoms with van der Waals surface area (Å²) in [5.41, 5.74) is 2.52. The Balaban J connectivity index is 1.55. The van der Waals surface area contributed by atoms with Gasteiger partial charge in [0, 0.05) is 30.5 Å². The van der Waals surface area contributed by atoms with Gasteiger partial charge in [0.1, 0.15) is 17.4 Å². The van der Waals surface area contributed by atoms with Gasteiger partial charge in [-0.2, -0.15) is 0 Å². The van der Waals surface area contributed by atoms with Crippen molar-refractivity contribution in [2.24, 2.45) is 5.92 Å². The molecule has 4 rings (SSSR count). The number of H-pyrrole nitrogens is 1. The number of aromatic nitrogens is 3. The number of nitrogens with one attached hydrogen (secondary N) is 2. The molecule has 0 spiro atoms. The van der Waals surface area contributed by atoms with Crippen LogP contribution in [0, 0.1) is 11.7 Å². The van der Waals surface area contributed by atoms with E-state index in [1.54, 1.807) is 18.3 Å². The second-order valence-electron chi connectivity index (χ2n) is 7.17. The molecular weight excluding hydrogens is 371 g/mol. The molecule has 29 heavy (non-hydrogen) atoms. The molecule has 1 aliphatic carbocycles. The minimum absolute atomic E-state index is 0.168. The fourth-order valence-corrected chi connectivity index (χ4v) is 3.63. The number of hydrogen-bond acceptors (Lipinski definition) is 4. The molecule has 6 nitrogen and oxygen atoms in total. The van der Waals surface area contributed by atoms with Gasteiger partial charge >= 0.3 is 0 Å². The number of rotatable bonds is 6. The molecule has 1 amide bonds. The fourth-order valence-electron chi connectivity index (χ4n) is 3.63. The van der Waals surface area contributed by atoms with E-state index in [-0.39, 0.29) is 36.4 Å². The molecule has 1 aromatic carbocycles. The molecule has 1 atom stereocenters. The van der Waals surface area contributed by atoms with Crippen LogP contribution in [0.3, 0.4) is 0 Å². The Morgan fingerprint density at radius 2 is 2.14 bits per heavy atom. The predicted octanol–water partition coefficient (Wildman–Crippen LogP) is 3.65. The summed E-state index contributed by atoms with van der Waals surface area (Å²) < 4.78 is 13.7. The summed E-state index contributed by atoms with van der Waals surface area (Å²) in [5, 5.41) is 2.82. The van der Waals surface area contributed by atoms with Crippen LogP contribution in [0.2, 0.25) is 0 Å². The zero-order valence-electron chi connectivity index (χ0n) is 15.8. The number of amides is 1. The Morgan fingerprint density at radius 1 is 1.24 bits per heavy atom. The normalized spacial score (nSPS) is 16.2. The minimum Gasteiger partial charge on any atom is -0.349 e. The van der Waals surface area contributed by atoms with Crippen LogP contribution in [0.25, 0.3) is 22.6 Å². The molecule has 1 aliphatic rings. The summed E-state index contributed by atoms with van der Waals surface area (Å²) in [6, 6.07) is 11.7. The molecule has 3 aromatic rings. The van der Waals surface area contributed by atoms with Gasteiger partial charge in [-0.1, -0.05) is 18.2 Å². The quantitative estimate of drug-likeness (QED) is 0.670. The van der Waals surface area contributed by atoms with Crippen molar-refractivity contribution in [3.63, 3.8) is 0 Å². The van der Waals surface area contributed by atoms with Crippen LogP contribution in [-0.2, 0) is 16.1 Å². The number of Topliss-reactive ketones (excluding diaryl/α,β-unsaturated/α-hetero) is 1. The Bertz CT molecular complexity index is 1030. The zero-order chi connectivity index (χ0) is 20.2. The maximum absolute atomic E-state index is 13.7. The van der Waals surface area contributed by atoms with Crippen LogP contribution < -0.4 is 5.32 Å². The monoisotopic (exact) mass is 392 g/mol. The highest BCUT2D eigenvalue weighted by atomic mass is 19.1. The lowest BCUT2D eigenvalue weighted by Gasteiger charge is -2.07. The van der Waals surface area contributed by atoms with Gasteiger partial charge in [-0.25, -0.2) is 9.37 Å². The van der Waals surface area contributed by atoms with Gasteiger partial charge in [0.25, 0.3) is 0 Å². The van der Waals surface area contributed by atoms with Gasteiger partial charge in [0.15, 0.2) is 0 Å². The molecule has 0 aliphatic heterocycles. The summed E-state index contributed by atoms with van der Waals surface area (Å²) in [6.45, 7) is 0.189. The summed E-state index contributed by atoms with van der Waals surface area (Å²) in [4.78, 5) is 36.1. The number of imidazole rings is 1. The number of pyridine rings is 1. The number of halogens is 1. The third kappa shape index (κ3) is 4.39. The van der Waals surface area contributed by atoms with Crippen molar-refractivity contribution in [3.05, 3.63) is 60.3 Å². The van der Waals surface area contributed by atoms with E-state index < -0.39 is 0 Å². The first kappa shape index (κ1) is 19.0. The third-order valence-corrected chi connectivity index (χ3v) is 5.09. The summed E-state index contributed by atoms with van der Waals surface area (Å²) >= 11 is 0. The molecule has 2 heterocycles. The van der Waals surface area contributed by atoms with Gasteiger partial charge in [-0.3, -0.25) is 14.6 Å². The Morgan fingerprint density at radius 3 is 2.86 bits per heavy atom. The van der Waals surface area contributed by atoms with Gasteiger partial charge in [0.2, 0.25) is 5.91 Å². The second-order valence-corrected chi connectivity index (χ2v) is 7.17. The average molecular weight is 392 g/mol. The van der Waals surface area contributed by atoms with Crippen LogP contribution >= 0.6 is 0 Å². The van der Waals surface area contributed by atoms with Crippen molar-refractivity contribution < 1.29 is 14.0 Å². The zero-order valence-corrected chi connectivity index (χ0v) is 15.8. The first-order valence-electron chi connectivity index (χ1n) is 9.66. The molecule has 2 aromatic heterocycles. The van der Waals surface area contributed by atoms with Gasteiger partial charge in [0.05, 0.1) is 23.6 Å². The Kier molecular flexibility index (Phi) is 5.46. The van der Waals surface area contributed by atoms with Crippen LogP contribution in [0.1, 0.15) is 31.5 Å². The van der Waals surface area contributed by atoms with Crippen LogP contribution in [-0.4, -0.2) is 26.6 Å².